The van der Waals surface area contributed by atoms with Crippen LogP contribution in [0.25, 0.3) is 22.0 Å². The fraction of sp³-hybridized carbons (Fsp3) is 0.233. The van der Waals surface area contributed by atoms with E-state index in [0.717, 1.165) is 16.7 Å². The molecule has 0 aliphatic heterocycles. The van der Waals surface area contributed by atoms with Crippen molar-refractivity contribution >= 4 is 22.8 Å². The van der Waals surface area contributed by atoms with Crippen LogP contribution < -0.4 is 5.32 Å². The van der Waals surface area contributed by atoms with Crippen LogP contribution in [0.4, 0.5) is 4.39 Å². The second kappa shape index (κ2) is 11.2. The molecule has 0 spiro atoms. The first-order valence-corrected chi connectivity index (χ1v) is 12.2. The Balaban J connectivity index is 1.56. The van der Waals surface area contributed by atoms with Crippen molar-refractivity contribution < 1.29 is 19.1 Å². The summed E-state index contributed by atoms with van der Waals surface area (Å²) in [6.07, 6.45) is 5.62. The number of carboxylic acid groups (broad SMARTS) is 1. The van der Waals surface area contributed by atoms with Crippen molar-refractivity contribution in [2.24, 2.45) is 11.8 Å². The smallest absolute Gasteiger partial charge is 0.303 e. The lowest BCUT2D eigenvalue weighted by Crippen LogP contribution is -2.26. The van der Waals surface area contributed by atoms with Gasteiger partial charge in [-0.2, -0.15) is 0 Å². The fourth-order valence-corrected chi connectivity index (χ4v) is 4.51. The summed E-state index contributed by atoms with van der Waals surface area (Å²) in [5, 5.41) is 12.4. The summed E-state index contributed by atoms with van der Waals surface area (Å²) in [5.74, 6) is -1.73. The van der Waals surface area contributed by atoms with Crippen LogP contribution in [0.15, 0.2) is 85.5 Å². The van der Waals surface area contributed by atoms with Gasteiger partial charge in [0, 0.05) is 42.6 Å². The SMILES string of the molecule is C=C(C[C@H](CC(=O)O)C(C)C)NC(=O)c1ccc(F)c2ccn(Cc3ccc(-c4ccncc4)cc3)c12. The molecule has 0 fully saturated rings. The minimum atomic E-state index is -0.885. The van der Waals surface area contributed by atoms with Gasteiger partial charge in [0.1, 0.15) is 5.82 Å². The van der Waals surface area contributed by atoms with Crippen LogP contribution in [0.1, 0.15) is 42.6 Å². The summed E-state index contributed by atoms with van der Waals surface area (Å²) >= 11 is 0. The molecule has 1 amide bonds. The number of halogens is 1. The molecule has 2 aromatic heterocycles. The molecular weight excluding hydrogens is 469 g/mol. The molecular formula is C30H30FN3O3. The Hall–Kier alpha value is -4.26. The van der Waals surface area contributed by atoms with Gasteiger partial charge in [0.15, 0.2) is 0 Å². The number of nitrogens with zero attached hydrogens (tertiary/aromatic N) is 2. The molecule has 4 aromatic rings. The number of hydrogen-bond donors (Lipinski definition) is 2. The van der Waals surface area contributed by atoms with E-state index < -0.39 is 17.7 Å². The molecule has 7 heteroatoms. The van der Waals surface area contributed by atoms with Gasteiger partial charge in [-0.15, -0.1) is 0 Å². The molecule has 0 bridgehead atoms. The van der Waals surface area contributed by atoms with Gasteiger partial charge in [0.2, 0.25) is 0 Å². The Morgan fingerprint density at radius 1 is 1.00 bits per heavy atom. The van der Waals surface area contributed by atoms with Gasteiger partial charge in [-0.1, -0.05) is 44.7 Å². The van der Waals surface area contributed by atoms with E-state index in [-0.39, 0.29) is 18.3 Å². The number of allylic oxidation sites excluding steroid dienone is 1. The quantitative estimate of drug-likeness (QED) is 0.269. The maximum Gasteiger partial charge on any atom is 0.303 e. The number of benzene rings is 2. The maximum atomic E-state index is 14.6. The summed E-state index contributed by atoms with van der Waals surface area (Å²) in [7, 11) is 0. The lowest BCUT2D eigenvalue weighted by molar-refractivity contribution is -0.138. The number of amides is 1. The highest BCUT2D eigenvalue weighted by Gasteiger charge is 2.21. The van der Waals surface area contributed by atoms with Crippen molar-refractivity contribution in [1.29, 1.82) is 0 Å². The summed E-state index contributed by atoms with van der Waals surface area (Å²) in [5.41, 5.74) is 4.40. The lowest BCUT2D eigenvalue weighted by Gasteiger charge is -2.20. The van der Waals surface area contributed by atoms with Gasteiger partial charge in [0.05, 0.1) is 11.1 Å². The normalized spacial score (nSPS) is 12.0. The summed E-state index contributed by atoms with van der Waals surface area (Å²) < 4.78 is 16.5. The van der Waals surface area contributed by atoms with Gasteiger partial charge in [0.25, 0.3) is 5.91 Å². The van der Waals surface area contributed by atoms with Crippen LogP contribution in [-0.2, 0) is 11.3 Å². The van der Waals surface area contributed by atoms with Crippen molar-refractivity contribution in [2.75, 3.05) is 0 Å². The number of aliphatic carboxylic acids is 1. The summed E-state index contributed by atoms with van der Waals surface area (Å²) in [6.45, 7) is 8.30. The van der Waals surface area contributed by atoms with Crippen LogP contribution in [0, 0.1) is 17.7 Å². The summed E-state index contributed by atoms with van der Waals surface area (Å²) in [6, 6.07) is 16.4. The van der Waals surface area contributed by atoms with Crippen LogP contribution in [0.5, 0.6) is 0 Å². The zero-order chi connectivity index (χ0) is 26.5. The Bertz CT molecular complexity index is 1430. The van der Waals surface area contributed by atoms with E-state index in [4.69, 9.17) is 0 Å². The Labute approximate surface area is 215 Å². The van der Waals surface area contributed by atoms with Crippen LogP contribution in [0.3, 0.4) is 0 Å². The van der Waals surface area contributed by atoms with Gasteiger partial charge in [-0.25, -0.2) is 4.39 Å². The molecule has 6 nitrogen and oxygen atoms in total. The fourth-order valence-electron chi connectivity index (χ4n) is 4.51. The second-order valence-electron chi connectivity index (χ2n) is 9.60. The van der Waals surface area contributed by atoms with Crippen molar-refractivity contribution in [1.82, 2.24) is 14.9 Å². The van der Waals surface area contributed by atoms with Gasteiger partial charge in [-0.05, 0) is 65.3 Å². The molecule has 4 rings (SSSR count). The van der Waals surface area contributed by atoms with E-state index in [1.54, 1.807) is 24.7 Å². The molecule has 2 N–H and O–H groups in total. The monoisotopic (exact) mass is 499 g/mol. The number of carbonyl (C=O) groups excluding carboxylic acids is 1. The van der Waals surface area contributed by atoms with E-state index in [0.29, 0.717) is 35.1 Å². The standard InChI is InChI=1S/C30H30FN3O3/c1-19(2)24(17-28(35)36)16-20(3)33-30(37)26-8-9-27(31)25-12-15-34(29(25)26)18-21-4-6-22(7-5-21)23-10-13-32-14-11-23/h4-15,19,24H,3,16-18H2,1-2H3,(H,33,37)(H,35,36)/t24-/m1/s1. The molecule has 190 valence electrons. The largest absolute Gasteiger partial charge is 0.481 e. The number of rotatable bonds is 10. The molecule has 0 radical (unpaired) electrons. The lowest BCUT2D eigenvalue weighted by atomic mass is 9.88. The third-order valence-electron chi connectivity index (χ3n) is 6.62. The molecule has 0 aliphatic carbocycles. The average Bonchev–Trinajstić information content (AvgIpc) is 3.29. The first-order valence-electron chi connectivity index (χ1n) is 12.2. The molecule has 0 saturated carbocycles. The highest BCUT2D eigenvalue weighted by atomic mass is 19.1. The number of pyridine rings is 1. The van der Waals surface area contributed by atoms with Crippen LogP contribution in [0.2, 0.25) is 0 Å². The Morgan fingerprint density at radius 3 is 2.32 bits per heavy atom. The highest BCUT2D eigenvalue weighted by Crippen LogP contribution is 2.27. The molecule has 0 aliphatic rings. The van der Waals surface area contributed by atoms with E-state index in [1.165, 1.54) is 12.1 Å². The van der Waals surface area contributed by atoms with E-state index in [2.05, 4.69) is 16.9 Å². The minimum Gasteiger partial charge on any atom is -0.481 e. The predicted octanol–water partition coefficient (Wildman–Crippen LogP) is 6.27. The van der Waals surface area contributed by atoms with Crippen molar-refractivity contribution in [3.63, 3.8) is 0 Å². The van der Waals surface area contributed by atoms with Gasteiger partial charge >= 0.3 is 5.97 Å². The zero-order valence-corrected chi connectivity index (χ0v) is 20.9. The van der Waals surface area contributed by atoms with Crippen LogP contribution >= 0.6 is 0 Å². The molecule has 0 saturated heterocycles. The number of hydrogen-bond acceptors (Lipinski definition) is 3. The number of fused-ring (bicyclic) bond motifs is 1. The number of aromatic nitrogens is 2. The zero-order valence-electron chi connectivity index (χ0n) is 20.9. The van der Waals surface area contributed by atoms with Crippen molar-refractivity contribution in [3.05, 3.63) is 102 Å². The molecule has 0 unspecified atom stereocenters. The number of carbonyl (C=O) groups is 2. The number of carboxylic acids is 1. The third kappa shape index (κ3) is 6.12. The molecule has 2 heterocycles. The van der Waals surface area contributed by atoms with E-state index in [9.17, 15) is 19.1 Å². The third-order valence-corrected chi connectivity index (χ3v) is 6.62. The molecule has 1 atom stereocenters. The first kappa shape index (κ1) is 25.8. The summed E-state index contributed by atoms with van der Waals surface area (Å²) in [4.78, 5) is 28.5. The van der Waals surface area contributed by atoms with E-state index in [1.807, 2.05) is 54.8 Å². The van der Waals surface area contributed by atoms with Gasteiger partial charge in [-0.3, -0.25) is 14.6 Å². The second-order valence-corrected chi connectivity index (χ2v) is 9.60. The van der Waals surface area contributed by atoms with Crippen molar-refractivity contribution in [3.8, 4) is 11.1 Å². The topological polar surface area (TPSA) is 84.2 Å². The van der Waals surface area contributed by atoms with Crippen molar-refractivity contribution in [2.45, 2.75) is 33.2 Å². The average molecular weight is 500 g/mol. The van der Waals surface area contributed by atoms with Crippen LogP contribution in [-0.4, -0.2) is 26.5 Å². The molecule has 2 aromatic carbocycles. The minimum absolute atomic E-state index is 0.00382. The Kier molecular flexibility index (Phi) is 7.82. The van der Waals surface area contributed by atoms with Gasteiger partial charge < -0.3 is 15.0 Å². The first-order chi connectivity index (χ1) is 17.7. The van der Waals surface area contributed by atoms with E-state index >= 15 is 0 Å². The number of nitrogens with one attached hydrogen (secondary N) is 1. The molecule has 37 heavy (non-hydrogen) atoms. The predicted molar refractivity (Wildman–Crippen MR) is 142 cm³/mol. The Morgan fingerprint density at radius 2 is 1.68 bits per heavy atom. The highest BCUT2D eigenvalue weighted by molar-refractivity contribution is 6.06. The maximum absolute atomic E-state index is 14.6.